The average Bonchev–Trinajstić information content (AvgIpc) is 3.45. The number of alkyl halides is 5. The summed E-state index contributed by atoms with van der Waals surface area (Å²) in [5.41, 5.74) is -0.169. The summed E-state index contributed by atoms with van der Waals surface area (Å²) in [5.74, 6) is -6.43. The molecule has 42 heavy (non-hydrogen) atoms. The highest BCUT2D eigenvalue weighted by molar-refractivity contribution is 6.02. The SMILES string of the molecule is CN1CCC(NC(=O)c2ccc(Nc3ncc4c(n3)N(C3CCCC3)CC(F)(F)C(=O)N4C)c(OC(F)(F)F)c2)CC1. The fourth-order valence-electron chi connectivity index (χ4n) is 5.62. The van der Waals surface area contributed by atoms with Gasteiger partial charge in [-0.25, -0.2) is 4.98 Å². The van der Waals surface area contributed by atoms with E-state index < -0.39 is 36.4 Å². The number of halogens is 5. The van der Waals surface area contributed by atoms with Crippen molar-refractivity contribution in [3.8, 4) is 5.75 Å². The second-order valence-corrected chi connectivity index (χ2v) is 11.0. The van der Waals surface area contributed by atoms with E-state index in [1.54, 1.807) is 0 Å². The van der Waals surface area contributed by atoms with Gasteiger partial charge in [-0.05, 0) is 64.0 Å². The van der Waals surface area contributed by atoms with Gasteiger partial charge >= 0.3 is 12.3 Å². The van der Waals surface area contributed by atoms with Crippen LogP contribution in [0.4, 0.5) is 45.1 Å². The molecule has 5 rings (SSSR count). The van der Waals surface area contributed by atoms with E-state index in [4.69, 9.17) is 0 Å². The van der Waals surface area contributed by atoms with Crippen molar-refractivity contribution in [1.82, 2.24) is 20.2 Å². The Hall–Kier alpha value is -3.75. The Labute approximate surface area is 239 Å². The van der Waals surface area contributed by atoms with E-state index in [9.17, 15) is 31.5 Å². The molecule has 1 aromatic heterocycles. The maximum Gasteiger partial charge on any atom is 0.573 e. The summed E-state index contributed by atoms with van der Waals surface area (Å²) in [6.45, 7) is 0.696. The van der Waals surface area contributed by atoms with E-state index in [1.165, 1.54) is 30.3 Å². The zero-order chi connectivity index (χ0) is 30.2. The number of piperidine rings is 1. The summed E-state index contributed by atoms with van der Waals surface area (Å²) < 4.78 is 74.0. The van der Waals surface area contributed by atoms with Gasteiger partial charge in [0.15, 0.2) is 11.6 Å². The Morgan fingerprint density at radius 2 is 1.79 bits per heavy atom. The number of hydrogen-bond donors (Lipinski definition) is 2. The average molecular weight is 598 g/mol. The maximum atomic E-state index is 14.8. The third kappa shape index (κ3) is 6.50. The molecule has 0 spiro atoms. The fraction of sp³-hybridized carbons (Fsp3) is 0.556. The monoisotopic (exact) mass is 597 g/mol. The highest BCUT2D eigenvalue weighted by Gasteiger charge is 2.48. The van der Waals surface area contributed by atoms with Gasteiger partial charge in [0.1, 0.15) is 5.69 Å². The lowest BCUT2D eigenvalue weighted by atomic mass is 10.0. The Bertz CT molecular complexity index is 1330. The van der Waals surface area contributed by atoms with Gasteiger partial charge in [0, 0.05) is 24.7 Å². The largest absolute Gasteiger partial charge is 0.573 e. The molecule has 228 valence electrons. The standard InChI is InChI=1S/C27H32F5N7O3/c1-37-11-9-17(10-12-37)34-23(40)16-7-8-19(21(13-16)42-27(30,31)32)35-25-33-14-20-22(36-25)39(18-5-3-4-6-18)15-26(28,29)24(41)38(20)2/h7-8,13-14,17-18H,3-6,9-12,15H2,1-2H3,(H,34,40)(H,33,35,36). The predicted molar refractivity (Wildman–Crippen MR) is 144 cm³/mol. The van der Waals surface area contributed by atoms with Crippen molar-refractivity contribution in [3.05, 3.63) is 30.0 Å². The lowest BCUT2D eigenvalue weighted by molar-refractivity contribution is -0.274. The molecular weight excluding hydrogens is 565 g/mol. The molecule has 1 saturated carbocycles. The Morgan fingerprint density at radius 1 is 1.10 bits per heavy atom. The first-order valence-electron chi connectivity index (χ1n) is 13.8. The van der Waals surface area contributed by atoms with Gasteiger partial charge in [-0.3, -0.25) is 9.59 Å². The molecule has 2 aromatic rings. The van der Waals surface area contributed by atoms with Crippen molar-refractivity contribution in [2.24, 2.45) is 0 Å². The van der Waals surface area contributed by atoms with Gasteiger partial charge in [-0.2, -0.15) is 13.8 Å². The molecule has 2 amide bonds. The molecule has 0 unspecified atom stereocenters. The van der Waals surface area contributed by atoms with Crippen LogP contribution in [0.2, 0.25) is 0 Å². The summed E-state index contributed by atoms with van der Waals surface area (Å²) in [4.78, 5) is 38.1. The quantitative estimate of drug-likeness (QED) is 0.476. The lowest BCUT2D eigenvalue weighted by Gasteiger charge is -2.31. The molecule has 1 aromatic carbocycles. The van der Waals surface area contributed by atoms with Gasteiger partial charge in [-0.15, -0.1) is 13.2 Å². The molecule has 10 nitrogen and oxygen atoms in total. The maximum absolute atomic E-state index is 14.8. The zero-order valence-electron chi connectivity index (χ0n) is 23.2. The molecule has 2 N–H and O–H groups in total. The van der Waals surface area contributed by atoms with E-state index in [0.29, 0.717) is 25.7 Å². The van der Waals surface area contributed by atoms with Crippen molar-refractivity contribution < 1.29 is 36.3 Å². The number of nitrogens with one attached hydrogen (secondary N) is 2. The molecule has 2 aliphatic heterocycles. The first kappa shape index (κ1) is 29.7. The molecule has 1 aliphatic carbocycles. The predicted octanol–water partition coefficient (Wildman–Crippen LogP) is 4.30. The fourth-order valence-corrected chi connectivity index (χ4v) is 5.62. The molecular formula is C27H32F5N7O3. The third-order valence-electron chi connectivity index (χ3n) is 7.91. The van der Waals surface area contributed by atoms with Crippen LogP contribution in [0.15, 0.2) is 24.4 Å². The topological polar surface area (TPSA) is 103 Å². The zero-order valence-corrected chi connectivity index (χ0v) is 23.2. The lowest BCUT2D eigenvalue weighted by Crippen LogP contribution is -2.48. The van der Waals surface area contributed by atoms with Crippen molar-refractivity contribution in [3.63, 3.8) is 0 Å². The van der Waals surface area contributed by atoms with Crippen LogP contribution in [0.3, 0.4) is 0 Å². The summed E-state index contributed by atoms with van der Waals surface area (Å²) in [6, 6.07) is 3.16. The van der Waals surface area contributed by atoms with E-state index >= 15 is 0 Å². The number of fused-ring (bicyclic) bond motifs is 1. The minimum Gasteiger partial charge on any atom is -0.404 e. The molecule has 1 saturated heterocycles. The molecule has 0 radical (unpaired) electrons. The highest BCUT2D eigenvalue weighted by atomic mass is 19.4. The minimum atomic E-state index is -5.07. The van der Waals surface area contributed by atoms with E-state index in [2.05, 4.69) is 30.2 Å². The van der Waals surface area contributed by atoms with Crippen molar-refractivity contribution in [1.29, 1.82) is 0 Å². The van der Waals surface area contributed by atoms with Crippen LogP contribution in [0.1, 0.15) is 48.9 Å². The number of rotatable bonds is 6. The Balaban J connectivity index is 1.44. The second kappa shape index (κ2) is 11.5. The van der Waals surface area contributed by atoms with Gasteiger partial charge in [0.05, 0.1) is 18.4 Å². The highest BCUT2D eigenvalue weighted by Crippen LogP contribution is 2.40. The van der Waals surface area contributed by atoms with Gasteiger partial charge in [0.25, 0.3) is 11.8 Å². The number of carbonyl (C=O) groups is 2. The van der Waals surface area contributed by atoms with Gasteiger partial charge in [-0.1, -0.05) is 12.8 Å². The number of benzene rings is 1. The van der Waals surface area contributed by atoms with Crippen LogP contribution in [-0.4, -0.2) is 84.8 Å². The number of anilines is 4. The summed E-state index contributed by atoms with van der Waals surface area (Å²) in [5, 5.41) is 5.53. The molecule has 2 fully saturated rings. The van der Waals surface area contributed by atoms with E-state index in [-0.39, 0.29) is 40.8 Å². The molecule has 0 bridgehead atoms. The van der Waals surface area contributed by atoms with Crippen molar-refractivity contribution >= 4 is 35.0 Å². The molecule has 15 heteroatoms. The van der Waals surface area contributed by atoms with Crippen LogP contribution < -0.4 is 25.2 Å². The number of carbonyl (C=O) groups excluding carboxylic acids is 2. The van der Waals surface area contributed by atoms with Crippen LogP contribution in [-0.2, 0) is 4.79 Å². The number of ether oxygens (including phenoxy) is 1. The normalized spacial score (nSPS) is 20.3. The Morgan fingerprint density at radius 3 is 2.45 bits per heavy atom. The van der Waals surface area contributed by atoms with Gasteiger partial charge < -0.3 is 30.1 Å². The van der Waals surface area contributed by atoms with E-state index in [1.807, 2.05) is 7.05 Å². The van der Waals surface area contributed by atoms with Crippen molar-refractivity contribution in [2.45, 2.75) is 62.9 Å². The summed E-state index contributed by atoms with van der Waals surface area (Å²) in [7, 11) is 3.17. The second-order valence-electron chi connectivity index (χ2n) is 11.0. The smallest absolute Gasteiger partial charge is 0.404 e. The Kier molecular flexibility index (Phi) is 8.14. The van der Waals surface area contributed by atoms with Crippen LogP contribution >= 0.6 is 0 Å². The summed E-state index contributed by atoms with van der Waals surface area (Å²) >= 11 is 0. The van der Waals surface area contributed by atoms with Crippen LogP contribution in [0, 0.1) is 0 Å². The first-order chi connectivity index (χ1) is 19.8. The van der Waals surface area contributed by atoms with Crippen LogP contribution in [0.25, 0.3) is 0 Å². The van der Waals surface area contributed by atoms with Crippen molar-refractivity contribution in [2.75, 3.05) is 48.8 Å². The van der Waals surface area contributed by atoms with E-state index in [0.717, 1.165) is 36.9 Å². The first-order valence-corrected chi connectivity index (χ1v) is 13.8. The van der Waals surface area contributed by atoms with Gasteiger partial charge in [0.2, 0.25) is 5.95 Å². The van der Waals surface area contributed by atoms with Crippen LogP contribution in [0.5, 0.6) is 5.75 Å². The molecule has 3 aliphatic rings. The number of aromatic nitrogens is 2. The molecule has 0 atom stereocenters. The number of amides is 2. The summed E-state index contributed by atoms with van der Waals surface area (Å²) in [6.07, 6.45) is 0.468. The number of likely N-dealkylation sites (tertiary alicyclic amines) is 1. The molecule has 3 heterocycles. The number of nitrogens with zero attached hydrogens (tertiary/aromatic N) is 5. The number of hydrogen-bond acceptors (Lipinski definition) is 8. The third-order valence-corrected chi connectivity index (χ3v) is 7.91. The minimum absolute atomic E-state index is 0.0312.